The fraction of sp³-hybridized carbons (Fsp3) is 0.444. The van der Waals surface area contributed by atoms with E-state index in [1.54, 1.807) is 13.2 Å². The van der Waals surface area contributed by atoms with Gasteiger partial charge in [-0.3, -0.25) is 9.78 Å². The molecular weight excluding hydrogens is 216 g/mol. The Labute approximate surface area is 92.5 Å². The lowest BCUT2D eigenvalue weighted by Gasteiger charge is -2.38. The Morgan fingerprint density at radius 2 is 2.33 bits per heavy atom. The van der Waals surface area contributed by atoms with Crippen LogP contribution in [0.5, 0.6) is 0 Å². The van der Waals surface area contributed by atoms with E-state index in [4.69, 9.17) is 11.6 Å². The van der Waals surface area contributed by atoms with Crippen molar-refractivity contribution in [3.63, 3.8) is 0 Å². The zero-order chi connectivity index (χ0) is 10.8. The average Bonchev–Trinajstić information content (AvgIpc) is 2.15. The van der Waals surface area contributed by atoms with Gasteiger partial charge in [-0.1, -0.05) is 11.6 Å². The van der Waals surface area contributed by atoms with Crippen LogP contribution in [-0.2, 0) is 4.79 Å². The van der Waals surface area contributed by atoms with Crippen molar-refractivity contribution in [2.75, 3.05) is 25.0 Å². The minimum atomic E-state index is 0.0516. The smallest absolute Gasteiger partial charge is 0.226 e. The molecule has 1 saturated heterocycles. The lowest BCUT2D eigenvalue weighted by molar-refractivity contribution is -0.125. The van der Waals surface area contributed by atoms with Gasteiger partial charge in [0, 0.05) is 20.1 Å². The van der Waals surface area contributed by atoms with E-state index in [0.29, 0.717) is 18.2 Å². The van der Waals surface area contributed by atoms with Crippen molar-refractivity contribution in [1.29, 1.82) is 0 Å². The molecule has 80 valence electrons. The van der Waals surface area contributed by atoms with E-state index in [1.807, 2.05) is 4.90 Å². The molecule has 0 aromatic carbocycles. The first-order valence-electron chi connectivity index (χ1n) is 4.65. The summed E-state index contributed by atoms with van der Waals surface area (Å²) in [5.74, 6) is 0.847. The van der Waals surface area contributed by atoms with Crippen LogP contribution in [0, 0.1) is 5.92 Å². The molecule has 6 heteroatoms. The molecule has 0 aliphatic carbocycles. The van der Waals surface area contributed by atoms with Crippen LogP contribution < -0.4 is 10.2 Å². The third-order valence-electron chi connectivity index (χ3n) is 2.42. The van der Waals surface area contributed by atoms with Gasteiger partial charge in [-0.05, 0) is 0 Å². The number of hydrogen-bond acceptors (Lipinski definition) is 4. The summed E-state index contributed by atoms with van der Waals surface area (Å²) in [6.45, 7) is 1.35. The van der Waals surface area contributed by atoms with Gasteiger partial charge in [-0.15, -0.1) is 0 Å². The van der Waals surface area contributed by atoms with Crippen LogP contribution in [0.15, 0.2) is 12.4 Å². The molecule has 1 fully saturated rings. The third kappa shape index (κ3) is 2.02. The fourth-order valence-electron chi connectivity index (χ4n) is 1.52. The Hall–Kier alpha value is -1.36. The predicted octanol–water partition coefficient (Wildman–Crippen LogP) is 0.312. The molecule has 15 heavy (non-hydrogen) atoms. The Morgan fingerprint density at radius 1 is 1.60 bits per heavy atom. The van der Waals surface area contributed by atoms with E-state index >= 15 is 0 Å². The lowest BCUT2D eigenvalue weighted by Crippen LogP contribution is -2.53. The lowest BCUT2D eigenvalue weighted by atomic mass is 9.99. The molecule has 1 N–H and O–H groups in total. The Kier molecular flexibility index (Phi) is 2.73. The molecule has 0 spiro atoms. The molecule has 5 nitrogen and oxygen atoms in total. The summed E-state index contributed by atoms with van der Waals surface area (Å²) in [7, 11) is 1.64. The van der Waals surface area contributed by atoms with E-state index in [2.05, 4.69) is 15.3 Å². The Balaban J connectivity index is 1.97. The van der Waals surface area contributed by atoms with Crippen LogP contribution in [0.25, 0.3) is 0 Å². The van der Waals surface area contributed by atoms with Crippen LogP contribution in [0.2, 0.25) is 5.15 Å². The normalized spacial score (nSPS) is 16.0. The number of hydrogen-bond donors (Lipinski definition) is 1. The van der Waals surface area contributed by atoms with Crippen LogP contribution in [-0.4, -0.2) is 36.0 Å². The van der Waals surface area contributed by atoms with E-state index < -0.39 is 0 Å². The monoisotopic (exact) mass is 226 g/mol. The van der Waals surface area contributed by atoms with E-state index in [9.17, 15) is 4.79 Å². The minimum absolute atomic E-state index is 0.0516. The fourth-order valence-corrected chi connectivity index (χ4v) is 1.66. The van der Waals surface area contributed by atoms with Crippen molar-refractivity contribution >= 4 is 23.3 Å². The summed E-state index contributed by atoms with van der Waals surface area (Å²) in [6, 6.07) is 0. The van der Waals surface area contributed by atoms with Crippen molar-refractivity contribution in [2.45, 2.75) is 0 Å². The highest BCUT2D eigenvalue weighted by atomic mass is 35.5. The quantitative estimate of drug-likeness (QED) is 0.789. The summed E-state index contributed by atoms with van der Waals surface area (Å²) < 4.78 is 0. The number of carbonyl (C=O) groups excluding carboxylic acids is 1. The van der Waals surface area contributed by atoms with Crippen molar-refractivity contribution in [1.82, 2.24) is 15.3 Å². The zero-order valence-corrected chi connectivity index (χ0v) is 9.03. The predicted molar refractivity (Wildman–Crippen MR) is 56.8 cm³/mol. The van der Waals surface area contributed by atoms with Gasteiger partial charge >= 0.3 is 0 Å². The standard InChI is InChI=1S/C9H11ClN4O/c1-11-9(15)6-4-14(5-6)8-3-12-2-7(10)13-8/h2-3,6H,4-5H2,1H3,(H,11,15). The van der Waals surface area contributed by atoms with Gasteiger partial charge in [-0.25, -0.2) is 4.98 Å². The molecule has 0 radical (unpaired) electrons. The van der Waals surface area contributed by atoms with Crippen molar-refractivity contribution in [3.05, 3.63) is 17.5 Å². The number of aromatic nitrogens is 2. The Bertz CT molecular complexity index is 378. The maximum atomic E-state index is 11.2. The van der Waals surface area contributed by atoms with E-state index in [1.165, 1.54) is 6.20 Å². The summed E-state index contributed by atoms with van der Waals surface area (Å²) >= 11 is 5.72. The maximum absolute atomic E-state index is 11.2. The molecule has 1 aliphatic heterocycles. The molecule has 0 saturated carbocycles. The molecular formula is C9H11ClN4O. The second kappa shape index (κ2) is 4.02. The second-order valence-corrected chi connectivity index (χ2v) is 3.80. The number of nitrogens with one attached hydrogen (secondary N) is 1. The second-order valence-electron chi connectivity index (χ2n) is 3.42. The summed E-state index contributed by atoms with van der Waals surface area (Å²) in [6.07, 6.45) is 3.13. The summed E-state index contributed by atoms with van der Waals surface area (Å²) in [5.41, 5.74) is 0. The highest BCUT2D eigenvalue weighted by Crippen LogP contribution is 2.22. The van der Waals surface area contributed by atoms with Crippen molar-refractivity contribution in [3.8, 4) is 0 Å². The largest absolute Gasteiger partial charge is 0.359 e. The number of nitrogens with zero attached hydrogens (tertiary/aromatic N) is 3. The average molecular weight is 227 g/mol. The SMILES string of the molecule is CNC(=O)C1CN(c2cncc(Cl)n2)C1. The molecule has 0 bridgehead atoms. The topological polar surface area (TPSA) is 58.1 Å². The number of rotatable bonds is 2. The number of carbonyl (C=O) groups is 1. The molecule has 0 atom stereocenters. The molecule has 1 aromatic heterocycles. The molecule has 0 unspecified atom stereocenters. The highest BCUT2D eigenvalue weighted by molar-refractivity contribution is 6.29. The Morgan fingerprint density at radius 3 is 2.93 bits per heavy atom. The molecule has 1 aromatic rings. The maximum Gasteiger partial charge on any atom is 0.226 e. The first-order chi connectivity index (χ1) is 7.20. The number of amides is 1. The minimum Gasteiger partial charge on any atom is -0.359 e. The van der Waals surface area contributed by atoms with Gasteiger partial charge in [0.05, 0.1) is 18.3 Å². The summed E-state index contributed by atoms with van der Waals surface area (Å²) in [4.78, 5) is 21.3. The van der Waals surface area contributed by atoms with Crippen LogP contribution in [0.4, 0.5) is 5.82 Å². The van der Waals surface area contributed by atoms with Gasteiger partial charge in [0.15, 0.2) is 0 Å². The molecule has 1 aliphatic rings. The first-order valence-corrected chi connectivity index (χ1v) is 5.02. The van der Waals surface area contributed by atoms with Crippen LogP contribution >= 0.6 is 11.6 Å². The van der Waals surface area contributed by atoms with Gasteiger partial charge in [-0.2, -0.15) is 0 Å². The van der Waals surface area contributed by atoms with E-state index in [-0.39, 0.29) is 11.8 Å². The summed E-state index contributed by atoms with van der Waals surface area (Å²) in [5, 5.41) is 2.99. The molecule has 2 heterocycles. The van der Waals surface area contributed by atoms with Gasteiger partial charge < -0.3 is 10.2 Å². The molecule has 2 rings (SSSR count). The van der Waals surface area contributed by atoms with Crippen molar-refractivity contribution < 1.29 is 4.79 Å². The number of anilines is 1. The van der Waals surface area contributed by atoms with Gasteiger partial charge in [0.2, 0.25) is 5.91 Å². The van der Waals surface area contributed by atoms with Crippen molar-refractivity contribution in [2.24, 2.45) is 5.92 Å². The zero-order valence-electron chi connectivity index (χ0n) is 8.27. The number of halogens is 1. The highest BCUT2D eigenvalue weighted by Gasteiger charge is 2.32. The first kappa shape index (κ1) is 10.2. The van der Waals surface area contributed by atoms with Gasteiger partial charge in [0.25, 0.3) is 0 Å². The third-order valence-corrected chi connectivity index (χ3v) is 2.60. The van der Waals surface area contributed by atoms with Crippen LogP contribution in [0.3, 0.4) is 0 Å². The molecule has 1 amide bonds. The van der Waals surface area contributed by atoms with Gasteiger partial charge in [0.1, 0.15) is 11.0 Å². The van der Waals surface area contributed by atoms with Crippen LogP contribution in [0.1, 0.15) is 0 Å². The van der Waals surface area contributed by atoms with E-state index in [0.717, 1.165) is 5.82 Å².